The van der Waals surface area contributed by atoms with E-state index in [9.17, 15) is 9.59 Å². The van der Waals surface area contributed by atoms with Gasteiger partial charge in [-0.2, -0.15) is 0 Å². The molecule has 0 radical (unpaired) electrons. The molecule has 2 aliphatic heterocycles. The molecule has 2 saturated heterocycles. The average Bonchev–Trinajstić information content (AvgIpc) is 2.79. The first-order chi connectivity index (χ1) is 7.66. The standard InChI is InChI=1S/C12H16O4/c13-9-5-11(7-15-9)3-1-2-4-12(11)6-10(14)16-8-12/h1-8H2/t11-,12-/m0/s1. The molecule has 4 nitrogen and oxygen atoms in total. The highest BCUT2D eigenvalue weighted by Crippen LogP contribution is 2.59. The zero-order chi connectivity index (χ0) is 11.2. The molecule has 0 N–H and O–H groups in total. The van der Waals surface area contributed by atoms with E-state index in [4.69, 9.17) is 9.47 Å². The first-order valence-corrected chi connectivity index (χ1v) is 5.97. The Morgan fingerprint density at radius 1 is 0.812 bits per heavy atom. The Bertz CT molecular complexity index is 317. The van der Waals surface area contributed by atoms with E-state index in [1.807, 2.05) is 0 Å². The summed E-state index contributed by atoms with van der Waals surface area (Å²) in [7, 11) is 0. The molecule has 4 heteroatoms. The third-order valence-electron chi connectivity index (χ3n) is 4.67. The Morgan fingerprint density at radius 3 is 1.56 bits per heavy atom. The molecule has 2 heterocycles. The van der Waals surface area contributed by atoms with Gasteiger partial charge in [0, 0.05) is 10.8 Å². The van der Waals surface area contributed by atoms with Gasteiger partial charge in [-0.1, -0.05) is 12.8 Å². The quantitative estimate of drug-likeness (QED) is 0.584. The smallest absolute Gasteiger partial charge is 0.306 e. The molecule has 0 aromatic heterocycles. The van der Waals surface area contributed by atoms with Crippen LogP contribution in [0.1, 0.15) is 38.5 Å². The van der Waals surface area contributed by atoms with E-state index >= 15 is 0 Å². The summed E-state index contributed by atoms with van der Waals surface area (Å²) in [5.74, 6) is -0.221. The summed E-state index contributed by atoms with van der Waals surface area (Å²) in [6, 6.07) is 0. The van der Waals surface area contributed by atoms with E-state index in [0.29, 0.717) is 26.1 Å². The molecular formula is C12H16O4. The number of hydrogen-bond acceptors (Lipinski definition) is 4. The Morgan fingerprint density at radius 2 is 1.25 bits per heavy atom. The predicted octanol–water partition coefficient (Wildman–Crippen LogP) is 1.43. The Balaban J connectivity index is 1.95. The van der Waals surface area contributed by atoms with Crippen LogP contribution in [-0.4, -0.2) is 25.2 Å². The summed E-state index contributed by atoms with van der Waals surface area (Å²) < 4.78 is 10.3. The molecule has 0 unspecified atom stereocenters. The lowest BCUT2D eigenvalue weighted by Gasteiger charge is -2.46. The van der Waals surface area contributed by atoms with E-state index in [1.54, 1.807) is 0 Å². The number of hydrogen-bond donors (Lipinski definition) is 0. The van der Waals surface area contributed by atoms with Crippen molar-refractivity contribution >= 4 is 11.9 Å². The van der Waals surface area contributed by atoms with Crippen molar-refractivity contribution in [2.75, 3.05) is 13.2 Å². The molecule has 0 bridgehead atoms. The van der Waals surface area contributed by atoms with Crippen LogP contribution in [0.3, 0.4) is 0 Å². The van der Waals surface area contributed by atoms with Crippen LogP contribution in [0.4, 0.5) is 0 Å². The monoisotopic (exact) mass is 224 g/mol. The number of cyclic esters (lactones) is 2. The normalized spacial score (nSPS) is 42.8. The Hall–Kier alpha value is -1.06. The fourth-order valence-corrected chi connectivity index (χ4v) is 3.65. The van der Waals surface area contributed by atoms with Crippen molar-refractivity contribution in [2.45, 2.75) is 38.5 Å². The summed E-state index contributed by atoms with van der Waals surface area (Å²) in [4.78, 5) is 22.8. The topological polar surface area (TPSA) is 52.6 Å². The molecule has 0 aromatic carbocycles. The summed E-state index contributed by atoms with van der Waals surface area (Å²) in [5, 5.41) is 0. The van der Waals surface area contributed by atoms with Crippen LogP contribution in [0.2, 0.25) is 0 Å². The van der Waals surface area contributed by atoms with Crippen LogP contribution in [-0.2, 0) is 19.1 Å². The molecular weight excluding hydrogens is 208 g/mol. The van der Waals surface area contributed by atoms with Crippen molar-refractivity contribution in [3.63, 3.8) is 0 Å². The number of fused-ring (bicyclic) bond motifs is 1. The van der Waals surface area contributed by atoms with Crippen LogP contribution in [0.15, 0.2) is 0 Å². The summed E-state index contributed by atoms with van der Waals surface area (Å²) >= 11 is 0. The molecule has 3 fully saturated rings. The van der Waals surface area contributed by atoms with E-state index in [2.05, 4.69) is 0 Å². The number of carbonyl (C=O) groups excluding carboxylic acids is 2. The van der Waals surface area contributed by atoms with Crippen molar-refractivity contribution in [2.24, 2.45) is 10.8 Å². The fourth-order valence-electron chi connectivity index (χ4n) is 3.65. The van der Waals surface area contributed by atoms with Gasteiger partial charge in [0.1, 0.15) is 0 Å². The minimum Gasteiger partial charge on any atom is -0.465 e. The average molecular weight is 224 g/mol. The number of rotatable bonds is 0. The van der Waals surface area contributed by atoms with Crippen LogP contribution >= 0.6 is 0 Å². The highest BCUT2D eigenvalue weighted by Gasteiger charge is 2.60. The van der Waals surface area contributed by atoms with Gasteiger partial charge in [-0.3, -0.25) is 9.59 Å². The van der Waals surface area contributed by atoms with E-state index < -0.39 is 0 Å². The van der Waals surface area contributed by atoms with Crippen molar-refractivity contribution in [1.29, 1.82) is 0 Å². The highest BCUT2D eigenvalue weighted by atomic mass is 16.5. The highest BCUT2D eigenvalue weighted by molar-refractivity contribution is 5.75. The van der Waals surface area contributed by atoms with Crippen LogP contribution in [0.5, 0.6) is 0 Å². The van der Waals surface area contributed by atoms with Gasteiger partial charge in [-0.25, -0.2) is 0 Å². The third kappa shape index (κ3) is 1.22. The van der Waals surface area contributed by atoms with Crippen molar-refractivity contribution in [3.8, 4) is 0 Å². The second-order valence-electron chi connectivity index (χ2n) is 5.44. The van der Waals surface area contributed by atoms with Crippen LogP contribution in [0, 0.1) is 10.8 Å². The lowest BCUT2D eigenvalue weighted by atomic mass is 9.55. The first kappa shape index (κ1) is 10.1. The van der Waals surface area contributed by atoms with Gasteiger partial charge >= 0.3 is 11.9 Å². The van der Waals surface area contributed by atoms with Crippen molar-refractivity contribution in [1.82, 2.24) is 0 Å². The lowest BCUT2D eigenvalue weighted by molar-refractivity contribution is -0.138. The Labute approximate surface area is 94.3 Å². The van der Waals surface area contributed by atoms with Gasteiger partial charge in [0.15, 0.2) is 0 Å². The second-order valence-corrected chi connectivity index (χ2v) is 5.44. The molecule has 3 rings (SSSR count). The molecule has 88 valence electrons. The zero-order valence-corrected chi connectivity index (χ0v) is 9.29. The van der Waals surface area contributed by atoms with Gasteiger partial charge in [0.05, 0.1) is 26.1 Å². The third-order valence-corrected chi connectivity index (χ3v) is 4.67. The molecule has 2 spiro atoms. The SMILES string of the molecule is O=C1C[C@@]2(CCCC[C@]23COC(=O)C3)CO1. The van der Waals surface area contributed by atoms with E-state index in [-0.39, 0.29) is 22.8 Å². The molecule has 16 heavy (non-hydrogen) atoms. The van der Waals surface area contributed by atoms with Gasteiger partial charge in [-0.05, 0) is 12.8 Å². The van der Waals surface area contributed by atoms with Gasteiger partial charge < -0.3 is 9.47 Å². The minimum absolute atomic E-state index is 0.111. The number of ether oxygens (including phenoxy) is 2. The van der Waals surface area contributed by atoms with E-state index in [1.165, 1.54) is 0 Å². The maximum absolute atomic E-state index is 11.4. The first-order valence-electron chi connectivity index (χ1n) is 5.97. The zero-order valence-electron chi connectivity index (χ0n) is 9.29. The Kier molecular flexibility index (Phi) is 2.03. The lowest BCUT2D eigenvalue weighted by Crippen LogP contribution is -2.46. The number of esters is 2. The van der Waals surface area contributed by atoms with Gasteiger partial charge in [0.2, 0.25) is 0 Å². The van der Waals surface area contributed by atoms with Crippen molar-refractivity contribution in [3.05, 3.63) is 0 Å². The fraction of sp³-hybridized carbons (Fsp3) is 0.833. The minimum atomic E-state index is -0.117. The molecule has 0 amide bonds. The van der Waals surface area contributed by atoms with Gasteiger partial charge in [0.25, 0.3) is 0 Å². The maximum Gasteiger partial charge on any atom is 0.306 e. The van der Waals surface area contributed by atoms with Crippen LogP contribution < -0.4 is 0 Å². The predicted molar refractivity (Wildman–Crippen MR) is 54.5 cm³/mol. The molecule has 3 aliphatic rings. The summed E-state index contributed by atoms with van der Waals surface area (Å²) in [6.07, 6.45) is 5.21. The second kappa shape index (κ2) is 3.22. The van der Waals surface area contributed by atoms with Crippen molar-refractivity contribution < 1.29 is 19.1 Å². The van der Waals surface area contributed by atoms with Gasteiger partial charge in [-0.15, -0.1) is 0 Å². The summed E-state index contributed by atoms with van der Waals surface area (Å²) in [5.41, 5.74) is -0.233. The maximum atomic E-state index is 11.4. The molecule has 1 aliphatic carbocycles. The number of carbonyl (C=O) groups is 2. The molecule has 2 atom stereocenters. The largest absolute Gasteiger partial charge is 0.465 e. The summed E-state index contributed by atoms with van der Waals surface area (Å²) in [6.45, 7) is 0.977. The molecule has 0 aromatic rings. The van der Waals surface area contributed by atoms with Crippen LogP contribution in [0.25, 0.3) is 0 Å². The molecule has 1 saturated carbocycles. The van der Waals surface area contributed by atoms with E-state index in [0.717, 1.165) is 25.7 Å².